The Bertz CT molecular complexity index is 1360. The number of aryl methyl sites for hydroxylation is 1. The van der Waals surface area contributed by atoms with Crippen LogP contribution in [0.5, 0.6) is 0 Å². The molecule has 0 atom stereocenters. The highest BCUT2D eigenvalue weighted by atomic mass is 32.1. The molecule has 8 heteroatoms. The van der Waals surface area contributed by atoms with Crippen molar-refractivity contribution in [3.05, 3.63) is 57.3 Å². The second-order valence-corrected chi connectivity index (χ2v) is 9.04. The van der Waals surface area contributed by atoms with Crippen LogP contribution in [0.3, 0.4) is 0 Å². The third-order valence-corrected chi connectivity index (χ3v) is 6.76. The van der Waals surface area contributed by atoms with Gasteiger partial charge in [-0.05, 0) is 53.4 Å². The Morgan fingerprint density at radius 2 is 2.06 bits per heavy atom. The molecule has 0 unspecified atom stereocenters. The van der Waals surface area contributed by atoms with Crippen molar-refractivity contribution >= 4 is 38.2 Å². The average molecular weight is 434 g/mol. The van der Waals surface area contributed by atoms with Gasteiger partial charge in [0.2, 0.25) is 5.91 Å². The van der Waals surface area contributed by atoms with Crippen LogP contribution >= 0.6 is 11.3 Å². The van der Waals surface area contributed by atoms with E-state index in [9.17, 15) is 9.59 Å². The van der Waals surface area contributed by atoms with Crippen molar-refractivity contribution in [1.29, 1.82) is 0 Å². The third-order valence-electron chi connectivity index (χ3n) is 5.90. The van der Waals surface area contributed by atoms with Gasteiger partial charge in [-0.2, -0.15) is 0 Å². The molecule has 1 saturated heterocycles. The lowest BCUT2D eigenvalue weighted by atomic mass is 10.0. The van der Waals surface area contributed by atoms with Gasteiger partial charge in [0.05, 0.1) is 22.1 Å². The fourth-order valence-corrected chi connectivity index (χ4v) is 4.78. The van der Waals surface area contributed by atoms with Crippen molar-refractivity contribution in [3.63, 3.8) is 0 Å². The molecule has 4 aromatic rings. The summed E-state index contributed by atoms with van der Waals surface area (Å²) in [6.07, 6.45) is 2.60. The van der Waals surface area contributed by atoms with Gasteiger partial charge in [-0.25, -0.2) is 4.98 Å². The first kappa shape index (κ1) is 19.8. The van der Waals surface area contributed by atoms with E-state index in [4.69, 9.17) is 4.98 Å². The Morgan fingerprint density at radius 1 is 1.19 bits per heavy atom. The van der Waals surface area contributed by atoms with Crippen LogP contribution in [0.2, 0.25) is 0 Å². The Labute approximate surface area is 183 Å². The third kappa shape index (κ3) is 3.84. The molecule has 1 aliphatic rings. The lowest BCUT2D eigenvalue weighted by molar-refractivity contribution is -0.134. The monoisotopic (exact) mass is 433 g/mol. The zero-order valence-corrected chi connectivity index (χ0v) is 18.3. The SMILES string of the molecule is Cc1cc(CCN2CCN(C)C(=O)C2)cc2c(=O)[nH]c(-c3cc4ccsc4cn3)nc12. The van der Waals surface area contributed by atoms with Gasteiger partial charge in [-0.1, -0.05) is 6.07 Å². The molecule has 1 N–H and O–H groups in total. The molecule has 3 aromatic heterocycles. The van der Waals surface area contributed by atoms with Crippen molar-refractivity contribution in [2.24, 2.45) is 0 Å². The molecule has 4 heterocycles. The predicted octanol–water partition coefficient (Wildman–Crippen LogP) is 2.82. The normalized spacial score (nSPS) is 15.3. The number of hydrogen-bond acceptors (Lipinski definition) is 6. The minimum Gasteiger partial charge on any atom is -0.343 e. The number of nitrogens with one attached hydrogen (secondary N) is 1. The van der Waals surface area contributed by atoms with E-state index < -0.39 is 0 Å². The van der Waals surface area contributed by atoms with Gasteiger partial charge in [0.1, 0.15) is 5.69 Å². The maximum absolute atomic E-state index is 12.9. The van der Waals surface area contributed by atoms with Crippen molar-refractivity contribution in [2.45, 2.75) is 13.3 Å². The van der Waals surface area contributed by atoms with Gasteiger partial charge in [-0.3, -0.25) is 19.5 Å². The van der Waals surface area contributed by atoms with Gasteiger partial charge in [-0.15, -0.1) is 11.3 Å². The number of carbonyl (C=O) groups excluding carboxylic acids is 1. The molecule has 0 spiro atoms. The highest BCUT2D eigenvalue weighted by molar-refractivity contribution is 7.17. The highest BCUT2D eigenvalue weighted by Gasteiger charge is 2.20. The Balaban J connectivity index is 1.43. The Kier molecular flexibility index (Phi) is 5.03. The summed E-state index contributed by atoms with van der Waals surface area (Å²) in [4.78, 5) is 40.9. The number of amides is 1. The summed E-state index contributed by atoms with van der Waals surface area (Å²) >= 11 is 1.64. The molecule has 0 radical (unpaired) electrons. The van der Waals surface area contributed by atoms with Crippen LogP contribution in [0.15, 0.2) is 40.6 Å². The molecule has 0 bridgehead atoms. The summed E-state index contributed by atoms with van der Waals surface area (Å²) in [7, 11) is 1.84. The fourth-order valence-electron chi connectivity index (χ4n) is 4.04. The lowest BCUT2D eigenvalue weighted by Crippen LogP contribution is -2.48. The van der Waals surface area contributed by atoms with Crippen LogP contribution in [0, 0.1) is 6.92 Å². The number of aromatic nitrogens is 3. The summed E-state index contributed by atoms with van der Waals surface area (Å²) < 4.78 is 1.11. The maximum Gasteiger partial charge on any atom is 0.259 e. The topological polar surface area (TPSA) is 82.2 Å². The predicted molar refractivity (Wildman–Crippen MR) is 123 cm³/mol. The van der Waals surface area contributed by atoms with Crippen molar-refractivity contribution in [2.75, 3.05) is 33.2 Å². The molecule has 0 saturated carbocycles. The van der Waals surface area contributed by atoms with Crippen molar-refractivity contribution < 1.29 is 4.79 Å². The number of pyridine rings is 1. The quantitative estimate of drug-likeness (QED) is 0.535. The minimum atomic E-state index is -0.160. The minimum absolute atomic E-state index is 0.156. The van der Waals surface area contributed by atoms with E-state index in [1.165, 1.54) is 0 Å². The van der Waals surface area contributed by atoms with Crippen LogP contribution in [0.4, 0.5) is 0 Å². The second kappa shape index (κ2) is 7.86. The summed E-state index contributed by atoms with van der Waals surface area (Å²) in [5.74, 6) is 0.640. The largest absolute Gasteiger partial charge is 0.343 e. The first-order valence-corrected chi connectivity index (χ1v) is 11.2. The molecule has 0 aliphatic carbocycles. The van der Waals surface area contributed by atoms with Crippen LogP contribution < -0.4 is 5.56 Å². The Hall–Kier alpha value is -3.10. The van der Waals surface area contributed by atoms with E-state index in [2.05, 4.69) is 20.9 Å². The Morgan fingerprint density at radius 3 is 2.90 bits per heavy atom. The van der Waals surface area contributed by atoms with E-state index in [0.717, 1.165) is 47.3 Å². The number of H-pyrrole nitrogens is 1. The van der Waals surface area contributed by atoms with E-state index in [1.807, 2.05) is 43.7 Å². The molecule has 1 aliphatic heterocycles. The number of piperazine rings is 1. The summed E-state index contributed by atoms with van der Waals surface area (Å²) in [6.45, 7) is 4.86. The number of carbonyl (C=O) groups is 1. The first-order valence-electron chi connectivity index (χ1n) is 10.3. The van der Waals surface area contributed by atoms with Gasteiger partial charge in [0.25, 0.3) is 5.56 Å². The van der Waals surface area contributed by atoms with Gasteiger partial charge in [0.15, 0.2) is 5.82 Å². The molecule has 31 heavy (non-hydrogen) atoms. The number of fused-ring (bicyclic) bond motifs is 2. The van der Waals surface area contributed by atoms with Crippen LogP contribution in [0.25, 0.3) is 32.5 Å². The summed E-state index contributed by atoms with van der Waals surface area (Å²) in [5, 5.41) is 3.70. The smallest absolute Gasteiger partial charge is 0.259 e. The first-order chi connectivity index (χ1) is 15.0. The number of aromatic amines is 1. The van der Waals surface area contributed by atoms with E-state index in [0.29, 0.717) is 29.0 Å². The number of benzene rings is 1. The molecular formula is C23H23N5O2S. The number of thiophene rings is 1. The standard InChI is InChI=1S/C23H23N5O2S/c1-14-9-15(3-5-28-7-6-27(2)20(29)13-28)10-17-21(14)25-22(26-23(17)30)18-11-16-4-8-31-19(16)12-24-18/h4,8-12H,3,5-7,13H2,1-2H3,(H,25,26,30). The second-order valence-electron chi connectivity index (χ2n) is 8.09. The molecule has 7 nitrogen and oxygen atoms in total. The fraction of sp³-hybridized carbons (Fsp3) is 0.304. The lowest BCUT2D eigenvalue weighted by Gasteiger charge is -2.31. The van der Waals surface area contributed by atoms with E-state index in [1.54, 1.807) is 16.2 Å². The van der Waals surface area contributed by atoms with Crippen LogP contribution in [0.1, 0.15) is 11.1 Å². The summed E-state index contributed by atoms with van der Waals surface area (Å²) in [5.41, 5.74) is 3.24. The molecule has 158 valence electrons. The number of likely N-dealkylation sites (N-methyl/N-ethyl adjacent to an activating group) is 1. The number of hydrogen-bond donors (Lipinski definition) is 1. The highest BCUT2D eigenvalue weighted by Crippen LogP contribution is 2.25. The molecule has 1 fully saturated rings. The number of nitrogens with zero attached hydrogens (tertiary/aromatic N) is 4. The van der Waals surface area contributed by atoms with Gasteiger partial charge in [0, 0.05) is 32.9 Å². The molecule has 1 amide bonds. The zero-order chi connectivity index (χ0) is 21.5. The van der Waals surface area contributed by atoms with Gasteiger partial charge < -0.3 is 9.88 Å². The van der Waals surface area contributed by atoms with Gasteiger partial charge >= 0.3 is 0 Å². The van der Waals surface area contributed by atoms with E-state index >= 15 is 0 Å². The van der Waals surface area contributed by atoms with E-state index in [-0.39, 0.29) is 11.5 Å². The molecule has 1 aromatic carbocycles. The van der Waals surface area contributed by atoms with Crippen LogP contribution in [-0.4, -0.2) is 63.9 Å². The van der Waals surface area contributed by atoms with Crippen molar-refractivity contribution in [3.8, 4) is 11.5 Å². The van der Waals surface area contributed by atoms with Crippen LogP contribution in [-0.2, 0) is 11.2 Å². The molecular weight excluding hydrogens is 410 g/mol. The summed E-state index contributed by atoms with van der Waals surface area (Å²) in [6, 6.07) is 8.00. The number of rotatable bonds is 4. The zero-order valence-electron chi connectivity index (χ0n) is 17.5. The average Bonchev–Trinajstić information content (AvgIpc) is 3.23. The molecule has 5 rings (SSSR count). The van der Waals surface area contributed by atoms with Crippen molar-refractivity contribution in [1.82, 2.24) is 24.8 Å². The maximum atomic E-state index is 12.9.